The van der Waals surface area contributed by atoms with Gasteiger partial charge in [-0.2, -0.15) is 0 Å². The van der Waals surface area contributed by atoms with E-state index in [4.69, 9.17) is 11.6 Å². The Morgan fingerprint density at radius 2 is 1.68 bits per heavy atom. The zero-order valence-electron chi connectivity index (χ0n) is 9.74. The van der Waals surface area contributed by atoms with Gasteiger partial charge in [0.1, 0.15) is 0 Å². The Balaban J connectivity index is 2.18. The van der Waals surface area contributed by atoms with Crippen molar-refractivity contribution in [3.05, 3.63) is 67.8 Å². The molecule has 0 bridgehead atoms. The van der Waals surface area contributed by atoms with Crippen molar-refractivity contribution in [2.45, 2.75) is 4.83 Å². The van der Waals surface area contributed by atoms with Crippen molar-refractivity contribution < 1.29 is 0 Å². The van der Waals surface area contributed by atoms with E-state index in [9.17, 15) is 0 Å². The van der Waals surface area contributed by atoms with E-state index in [1.807, 2.05) is 6.07 Å². The highest BCUT2D eigenvalue weighted by Gasteiger charge is 2.16. The first-order valence-electron chi connectivity index (χ1n) is 5.73. The van der Waals surface area contributed by atoms with Gasteiger partial charge in [-0.15, -0.1) is 11.3 Å². The standard InChI is InChI=1S/C15H9Br2ClS/c16-12-6-5-11(9-3-1-2-4-10(9)12)15(17)13-7-8-14(18)19-13/h1-8,15H. The second kappa shape index (κ2) is 5.57. The largest absolute Gasteiger partial charge is 0.127 e. The average molecular weight is 417 g/mol. The molecular weight excluding hydrogens is 407 g/mol. The van der Waals surface area contributed by atoms with Gasteiger partial charge in [0.05, 0.1) is 9.16 Å². The summed E-state index contributed by atoms with van der Waals surface area (Å²) in [5.41, 5.74) is 1.26. The Hall–Kier alpha value is -0.350. The molecule has 1 aromatic heterocycles. The Morgan fingerprint density at radius 3 is 2.37 bits per heavy atom. The molecule has 0 saturated heterocycles. The van der Waals surface area contributed by atoms with Crippen LogP contribution in [-0.4, -0.2) is 0 Å². The quantitative estimate of drug-likeness (QED) is 0.403. The SMILES string of the molecule is Clc1ccc(C(Br)c2ccc(Br)c3ccccc23)s1. The summed E-state index contributed by atoms with van der Waals surface area (Å²) in [4.78, 5) is 1.39. The third-order valence-electron chi connectivity index (χ3n) is 3.02. The number of benzene rings is 2. The van der Waals surface area contributed by atoms with Gasteiger partial charge in [0.2, 0.25) is 0 Å². The summed E-state index contributed by atoms with van der Waals surface area (Å²) >= 11 is 15.0. The van der Waals surface area contributed by atoms with Gasteiger partial charge in [0.15, 0.2) is 0 Å². The minimum absolute atomic E-state index is 0.169. The lowest BCUT2D eigenvalue weighted by Gasteiger charge is -2.12. The van der Waals surface area contributed by atoms with E-state index < -0.39 is 0 Å². The van der Waals surface area contributed by atoms with E-state index in [-0.39, 0.29) is 4.83 Å². The Kier molecular flexibility index (Phi) is 3.99. The van der Waals surface area contributed by atoms with Crippen LogP contribution in [0.4, 0.5) is 0 Å². The fourth-order valence-electron chi connectivity index (χ4n) is 2.12. The van der Waals surface area contributed by atoms with Crippen molar-refractivity contribution in [2.75, 3.05) is 0 Å². The summed E-state index contributed by atoms with van der Waals surface area (Å²) in [5.74, 6) is 0. The number of fused-ring (bicyclic) bond motifs is 1. The second-order valence-electron chi connectivity index (χ2n) is 4.19. The molecule has 0 aliphatic carbocycles. The summed E-state index contributed by atoms with van der Waals surface area (Å²) in [6.45, 7) is 0. The summed E-state index contributed by atoms with van der Waals surface area (Å²) in [6, 6.07) is 16.7. The molecule has 1 unspecified atom stereocenters. The molecule has 3 rings (SSSR count). The van der Waals surface area contributed by atoms with Crippen molar-refractivity contribution in [3.63, 3.8) is 0 Å². The monoisotopic (exact) mass is 414 g/mol. The first-order chi connectivity index (χ1) is 9.16. The maximum absolute atomic E-state index is 6.03. The smallest absolute Gasteiger partial charge is 0.0931 e. The molecule has 0 aliphatic rings. The van der Waals surface area contributed by atoms with Crippen LogP contribution < -0.4 is 0 Å². The fourth-order valence-corrected chi connectivity index (χ4v) is 4.49. The third kappa shape index (κ3) is 2.62. The summed E-state index contributed by atoms with van der Waals surface area (Å²) in [5, 5.41) is 2.48. The van der Waals surface area contributed by atoms with Crippen LogP contribution in [0, 0.1) is 0 Å². The van der Waals surface area contributed by atoms with E-state index in [0.717, 1.165) is 8.81 Å². The Labute approximate surface area is 137 Å². The second-order valence-corrected chi connectivity index (χ2v) is 7.70. The third-order valence-corrected chi connectivity index (χ3v) is 6.30. The first kappa shape index (κ1) is 13.6. The normalized spacial score (nSPS) is 12.8. The zero-order chi connectivity index (χ0) is 13.4. The van der Waals surface area contributed by atoms with E-state index in [0.29, 0.717) is 0 Å². The number of hydrogen-bond donors (Lipinski definition) is 0. The van der Waals surface area contributed by atoms with Crippen molar-refractivity contribution in [3.8, 4) is 0 Å². The molecule has 0 nitrogen and oxygen atoms in total. The van der Waals surface area contributed by atoms with E-state index in [1.54, 1.807) is 11.3 Å². The lowest BCUT2D eigenvalue weighted by molar-refractivity contribution is 1.25. The molecule has 0 fully saturated rings. The first-order valence-corrected chi connectivity index (χ1v) is 8.63. The number of hydrogen-bond acceptors (Lipinski definition) is 1. The van der Waals surface area contributed by atoms with E-state index in [2.05, 4.69) is 74.3 Å². The van der Waals surface area contributed by atoms with Crippen molar-refractivity contribution in [1.82, 2.24) is 0 Å². The van der Waals surface area contributed by atoms with Gasteiger partial charge in [-0.25, -0.2) is 0 Å². The van der Waals surface area contributed by atoms with Crippen LogP contribution in [0.25, 0.3) is 10.8 Å². The van der Waals surface area contributed by atoms with Crippen LogP contribution in [0.3, 0.4) is 0 Å². The highest BCUT2D eigenvalue weighted by atomic mass is 79.9. The predicted molar refractivity (Wildman–Crippen MR) is 91.7 cm³/mol. The molecule has 1 heterocycles. The lowest BCUT2D eigenvalue weighted by atomic mass is 10.0. The number of thiophene rings is 1. The molecule has 1 atom stereocenters. The molecular formula is C15H9Br2ClS. The van der Waals surface area contributed by atoms with Crippen LogP contribution in [-0.2, 0) is 0 Å². The molecule has 19 heavy (non-hydrogen) atoms. The van der Waals surface area contributed by atoms with Crippen LogP contribution in [0.15, 0.2) is 53.0 Å². The van der Waals surface area contributed by atoms with Gasteiger partial charge in [-0.05, 0) is 34.5 Å². The highest BCUT2D eigenvalue weighted by Crippen LogP contribution is 2.40. The molecule has 4 heteroatoms. The van der Waals surface area contributed by atoms with Gasteiger partial charge in [-0.1, -0.05) is 73.8 Å². The van der Waals surface area contributed by atoms with Crippen LogP contribution in [0.1, 0.15) is 15.3 Å². The van der Waals surface area contributed by atoms with Gasteiger partial charge in [0, 0.05) is 9.35 Å². The minimum Gasteiger partial charge on any atom is -0.127 e. The summed E-state index contributed by atoms with van der Waals surface area (Å²) < 4.78 is 1.94. The van der Waals surface area contributed by atoms with E-state index >= 15 is 0 Å². The molecule has 0 saturated carbocycles. The Bertz CT molecular complexity index is 736. The predicted octanol–water partition coefficient (Wildman–Crippen LogP) is 6.80. The molecule has 3 aromatic rings. The molecule has 96 valence electrons. The van der Waals surface area contributed by atoms with Gasteiger partial charge in [-0.3, -0.25) is 0 Å². The van der Waals surface area contributed by atoms with Crippen LogP contribution in [0.2, 0.25) is 4.34 Å². The van der Waals surface area contributed by atoms with Crippen LogP contribution >= 0.6 is 54.8 Å². The van der Waals surface area contributed by atoms with Crippen LogP contribution in [0.5, 0.6) is 0 Å². The molecule has 0 amide bonds. The highest BCUT2D eigenvalue weighted by molar-refractivity contribution is 9.10. The summed E-state index contributed by atoms with van der Waals surface area (Å²) in [7, 11) is 0. The van der Waals surface area contributed by atoms with Gasteiger partial charge < -0.3 is 0 Å². The van der Waals surface area contributed by atoms with Gasteiger partial charge >= 0.3 is 0 Å². The maximum atomic E-state index is 6.03. The molecule has 0 spiro atoms. The molecule has 0 N–H and O–H groups in total. The lowest BCUT2D eigenvalue weighted by Crippen LogP contribution is -1.91. The number of rotatable bonds is 2. The molecule has 2 aromatic carbocycles. The fraction of sp³-hybridized carbons (Fsp3) is 0.0667. The molecule has 0 aliphatic heterocycles. The van der Waals surface area contributed by atoms with Crippen molar-refractivity contribution in [1.29, 1.82) is 0 Å². The average Bonchev–Trinajstić information content (AvgIpc) is 2.86. The number of alkyl halides is 1. The zero-order valence-corrected chi connectivity index (χ0v) is 14.5. The number of halogens is 3. The van der Waals surface area contributed by atoms with Crippen molar-refractivity contribution >= 4 is 65.6 Å². The summed E-state index contributed by atoms with van der Waals surface area (Å²) in [6.07, 6.45) is 0. The minimum atomic E-state index is 0.169. The topological polar surface area (TPSA) is 0 Å². The molecule has 0 radical (unpaired) electrons. The van der Waals surface area contributed by atoms with Crippen molar-refractivity contribution in [2.24, 2.45) is 0 Å². The Morgan fingerprint density at radius 1 is 0.947 bits per heavy atom. The maximum Gasteiger partial charge on any atom is 0.0931 e. The van der Waals surface area contributed by atoms with E-state index in [1.165, 1.54) is 21.2 Å². The van der Waals surface area contributed by atoms with Gasteiger partial charge in [0.25, 0.3) is 0 Å².